The van der Waals surface area contributed by atoms with E-state index in [1.165, 1.54) is 11.5 Å². The number of hydrogen-bond acceptors (Lipinski definition) is 5. The number of carbonyl (C=O) groups is 2. The number of nitrogens with zero attached hydrogens (tertiary/aromatic N) is 1. The molecule has 0 atom stereocenters. The zero-order valence-corrected chi connectivity index (χ0v) is 15.4. The molecular weight excluding hydrogens is 352 g/mol. The molecule has 3 aromatic rings. The molecule has 0 unspecified atom stereocenters. The summed E-state index contributed by atoms with van der Waals surface area (Å²) in [5, 5.41) is 15.3. The summed E-state index contributed by atoms with van der Waals surface area (Å²) in [6.07, 6.45) is 0. The summed E-state index contributed by atoms with van der Waals surface area (Å²) in [6, 6.07) is 7.39. The highest BCUT2D eigenvalue weighted by Gasteiger charge is 2.21. The second-order valence-electron chi connectivity index (χ2n) is 6.14. The van der Waals surface area contributed by atoms with Crippen molar-refractivity contribution in [3.05, 3.63) is 51.1 Å². The van der Waals surface area contributed by atoms with Crippen LogP contribution in [-0.4, -0.2) is 27.9 Å². The van der Waals surface area contributed by atoms with Crippen molar-refractivity contribution in [2.75, 3.05) is 6.54 Å². The van der Waals surface area contributed by atoms with Crippen molar-refractivity contribution in [1.82, 2.24) is 9.88 Å². The van der Waals surface area contributed by atoms with Gasteiger partial charge in [0.05, 0.1) is 12.1 Å². The van der Waals surface area contributed by atoms with Crippen LogP contribution in [-0.2, 0) is 11.8 Å². The summed E-state index contributed by atoms with van der Waals surface area (Å²) >= 11 is 1.60. The molecule has 0 spiro atoms. The number of ketones is 1. The molecule has 2 N–H and O–H groups in total. The van der Waals surface area contributed by atoms with Crippen LogP contribution in [0.1, 0.15) is 22.8 Å². The quantitative estimate of drug-likeness (QED) is 0.739. The van der Waals surface area contributed by atoms with Gasteiger partial charge in [-0.15, -0.1) is 11.3 Å². The number of aromatic nitrogens is 1. The standard InChI is InChI=1S/C19H18N2O4S/c1-10-6-7-26-17(10)12-4-5-13-14(8-12)21(3)19(25)15(16(13)23)18(24)20-9-11(2)22/h4-8,23H,9H2,1-3H3,(H,20,24). The first-order chi connectivity index (χ1) is 12.3. The molecule has 0 radical (unpaired) electrons. The van der Waals surface area contributed by atoms with Gasteiger partial charge in [0.25, 0.3) is 11.5 Å². The molecular formula is C19H18N2O4S. The van der Waals surface area contributed by atoms with Gasteiger partial charge in [0, 0.05) is 17.3 Å². The molecule has 2 aromatic heterocycles. The minimum absolute atomic E-state index is 0.198. The number of aromatic hydroxyl groups is 1. The van der Waals surface area contributed by atoms with E-state index in [4.69, 9.17) is 0 Å². The maximum Gasteiger partial charge on any atom is 0.267 e. The lowest BCUT2D eigenvalue weighted by Crippen LogP contribution is -2.34. The lowest BCUT2D eigenvalue weighted by Gasteiger charge is -2.13. The number of rotatable bonds is 4. The number of fused-ring (bicyclic) bond motifs is 1. The van der Waals surface area contributed by atoms with E-state index in [-0.39, 0.29) is 23.6 Å². The summed E-state index contributed by atoms with van der Waals surface area (Å²) in [4.78, 5) is 37.0. The Bertz CT molecular complexity index is 1090. The molecule has 0 fully saturated rings. The first-order valence-electron chi connectivity index (χ1n) is 7.99. The van der Waals surface area contributed by atoms with Crippen molar-refractivity contribution in [3.8, 4) is 16.2 Å². The highest BCUT2D eigenvalue weighted by molar-refractivity contribution is 7.13. The predicted molar refractivity (Wildman–Crippen MR) is 102 cm³/mol. The smallest absolute Gasteiger partial charge is 0.267 e. The van der Waals surface area contributed by atoms with Gasteiger partial charge < -0.3 is 15.0 Å². The van der Waals surface area contributed by atoms with Gasteiger partial charge in [0.2, 0.25) is 0 Å². The van der Waals surface area contributed by atoms with Crippen LogP contribution in [0.3, 0.4) is 0 Å². The molecule has 3 rings (SSSR count). The van der Waals surface area contributed by atoms with Crippen LogP contribution in [0.15, 0.2) is 34.4 Å². The molecule has 2 heterocycles. The Balaban J connectivity index is 2.17. The Hall–Kier alpha value is -2.93. The number of benzene rings is 1. The summed E-state index contributed by atoms with van der Waals surface area (Å²) in [5.41, 5.74) is 1.62. The number of thiophene rings is 1. The number of pyridine rings is 1. The van der Waals surface area contributed by atoms with Gasteiger partial charge in [-0.3, -0.25) is 14.4 Å². The third-order valence-corrected chi connectivity index (χ3v) is 5.28. The van der Waals surface area contributed by atoms with Crippen LogP contribution >= 0.6 is 11.3 Å². The fraction of sp³-hybridized carbons (Fsp3) is 0.211. The van der Waals surface area contributed by atoms with Gasteiger partial charge in [0.1, 0.15) is 17.1 Å². The lowest BCUT2D eigenvalue weighted by molar-refractivity contribution is -0.116. The maximum atomic E-state index is 12.6. The Labute approximate surface area is 153 Å². The SMILES string of the molecule is CC(=O)CNC(=O)c1c(O)c2ccc(-c3sccc3C)cc2n(C)c1=O. The number of aryl methyl sites for hydroxylation is 2. The normalized spacial score (nSPS) is 10.9. The van der Waals surface area contributed by atoms with Gasteiger partial charge in [0.15, 0.2) is 0 Å². The fourth-order valence-corrected chi connectivity index (χ4v) is 3.76. The van der Waals surface area contributed by atoms with Crippen molar-refractivity contribution in [1.29, 1.82) is 0 Å². The molecule has 7 heteroatoms. The first-order valence-corrected chi connectivity index (χ1v) is 8.87. The second-order valence-corrected chi connectivity index (χ2v) is 7.05. The van der Waals surface area contributed by atoms with Gasteiger partial charge in [-0.25, -0.2) is 0 Å². The topological polar surface area (TPSA) is 88.4 Å². The number of hydrogen-bond donors (Lipinski definition) is 2. The summed E-state index contributed by atoms with van der Waals surface area (Å²) in [5.74, 6) is -1.39. The van der Waals surface area contributed by atoms with Crippen molar-refractivity contribution >= 4 is 33.9 Å². The zero-order valence-electron chi connectivity index (χ0n) is 14.6. The van der Waals surface area contributed by atoms with Crippen molar-refractivity contribution in [2.24, 2.45) is 7.05 Å². The van der Waals surface area contributed by atoms with Gasteiger partial charge >= 0.3 is 0 Å². The molecule has 26 heavy (non-hydrogen) atoms. The average Bonchev–Trinajstić information content (AvgIpc) is 3.03. The zero-order chi connectivity index (χ0) is 19.0. The molecule has 0 saturated heterocycles. The summed E-state index contributed by atoms with van der Waals surface area (Å²) < 4.78 is 1.34. The largest absolute Gasteiger partial charge is 0.506 e. The monoisotopic (exact) mass is 370 g/mol. The number of nitrogens with one attached hydrogen (secondary N) is 1. The molecule has 1 aromatic carbocycles. The van der Waals surface area contributed by atoms with Gasteiger partial charge in [-0.05, 0) is 48.6 Å². The molecule has 0 aliphatic rings. The fourth-order valence-electron chi connectivity index (χ4n) is 2.83. The Kier molecular flexibility index (Phi) is 4.65. The third-order valence-electron chi connectivity index (χ3n) is 4.22. The van der Waals surface area contributed by atoms with Crippen LogP contribution in [0, 0.1) is 6.92 Å². The molecule has 0 bridgehead atoms. The van der Waals surface area contributed by atoms with Crippen LogP contribution in [0.25, 0.3) is 21.3 Å². The van der Waals surface area contributed by atoms with E-state index in [0.717, 1.165) is 16.0 Å². The van der Waals surface area contributed by atoms with Gasteiger partial charge in [-0.2, -0.15) is 0 Å². The maximum absolute atomic E-state index is 12.6. The minimum Gasteiger partial charge on any atom is -0.506 e. The van der Waals surface area contributed by atoms with Gasteiger partial charge in [-0.1, -0.05) is 6.07 Å². The van der Waals surface area contributed by atoms with Crippen molar-refractivity contribution < 1.29 is 14.7 Å². The Morgan fingerprint density at radius 1 is 1.27 bits per heavy atom. The number of Topliss-reactive ketones (excluding diaryl/α,β-unsaturated/α-hetero) is 1. The van der Waals surface area contributed by atoms with E-state index < -0.39 is 11.5 Å². The van der Waals surface area contributed by atoms with E-state index >= 15 is 0 Å². The number of amides is 1. The summed E-state index contributed by atoms with van der Waals surface area (Å²) in [6.45, 7) is 3.14. The van der Waals surface area contributed by atoms with E-state index in [1.807, 2.05) is 30.5 Å². The van der Waals surface area contributed by atoms with E-state index in [2.05, 4.69) is 5.32 Å². The molecule has 1 amide bonds. The molecule has 0 saturated carbocycles. The molecule has 6 nitrogen and oxygen atoms in total. The van der Waals surface area contributed by atoms with Crippen molar-refractivity contribution in [2.45, 2.75) is 13.8 Å². The van der Waals surface area contributed by atoms with E-state index in [1.54, 1.807) is 24.5 Å². The predicted octanol–water partition coefficient (Wildman–Crippen LogP) is 2.60. The highest BCUT2D eigenvalue weighted by atomic mass is 32.1. The molecule has 0 aliphatic heterocycles. The lowest BCUT2D eigenvalue weighted by atomic mass is 10.0. The van der Waals surface area contributed by atoms with Crippen molar-refractivity contribution in [3.63, 3.8) is 0 Å². The number of carbonyl (C=O) groups excluding carboxylic acids is 2. The average molecular weight is 370 g/mol. The Morgan fingerprint density at radius 2 is 2.00 bits per heavy atom. The van der Waals surface area contributed by atoms with Crippen LogP contribution in [0.2, 0.25) is 0 Å². The second kappa shape index (κ2) is 6.76. The first kappa shape index (κ1) is 17.9. The molecule has 0 aliphatic carbocycles. The third kappa shape index (κ3) is 3.01. The Morgan fingerprint density at radius 3 is 2.62 bits per heavy atom. The van der Waals surface area contributed by atoms with Crippen LogP contribution in [0.4, 0.5) is 0 Å². The van der Waals surface area contributed by atoms with Crippen LogP contribution < -0.4 is 10.9 Å². The molecule has 134 valence electrons. The highest BCUT2D eigenvalue weighted by Crippen LogP contribution is 2.33. The van der Waals surface area contributed by atoms with Crippen LogP contribution in [0.5, 0.6) is 5.75 Å². The summed E-state index contributed by atoms with van der Waals surface area (Å²) in [7, 11) is 1.55. The van der Waals surface area contributed by atoms with E-state index in [9.17, 15) is 19.5 Å². The van der Waals surface area contributed by atoms with E-state index in [0.29, 0.717) is 10.9 Å². The minimum atomic E-state index is -0.765.